The van der Waals surface area contributed by atoms with Gasteiger partial charge in [-0.25, -0.2) is 9.37 Å². The summed E-state index contributed by atoms with van der Waals surface area (Å²) in [4.78, 5) is 15.7. The molecular weight excluding hydrogens is 358 g/mol. The van der Waals surface area contributed by atoms with E-state index in [0.717, 1.165) is 6.20 Å². The van der Waals surface area contributed by atoms with Gasteiger partial charge < -0.3 is 5.32 Å². The molecule has 0 bridgehead atoms. The molecule has 0 aliphatic rings. The van der Waals surface area contributed by atoms with E-state index in [1.54, 1.807) is 0 Å². The number of aromatic nitrogens is 1. The molecule has 1 heterocycles. The van der Waals surface area contributed by atoms with Gasteiger partial charge in [-0.3, -0.25) is 4.79 Å². The first-order valence-corrected chi connectivity index (χ1v) is 6.59. The minimum atomic E-state index is -0.501. The number of anilines is 1. The molecular formula is C12H6BrCl2FN2O. The zero-order valence-corrected chi connectivity index (χ0v) is 12.4. The van der Waals surface area contributed by atoms with Gasteiger partial charge in [-0.05, 0) is 40.2 Å². The molecule has 1 N–H and O–H groups in total. The van der Waals surface area contributed by atoms with Gasteiger partial charge >= 0.3 is 0 Å². The summed E-state index contributed by atoms with van der Waals surface area (Å²) in [7, 11) is 0. The van der Waals surface area contributed by atoms with E-state index in [-0.39, 0.29) is 10.8 Å². The number of amides is 1. The van der Waals surface area contributed by atoms with Crippen LogP contribution in [0.25, 0.3) is 0 Å². The van der Waals surface area contributed by atoms with Crippen LogP contribution >= 0.6 is 39.1 Å². The lowest BCUT2D eigenvalue weighted by atomic mass is 10.2. The van der Waals surface area contributed by atoms with E-state index in [1.807, 2.05) is 0 Å². The number of nitrogens with zero attached hydrogens (tertiary/aromatic N) is 1. The molecule has 0 saturated heterocycles. The zero-order valence-electron chi connectivity index (χ0n) is 9.25. The van der Waals surface area contributed by atoms with Gasteiger partial charge in [-0.2, -0.15) is 0 Å². The van der Waals surface area contributed by atoms with Crippen LogP contribution in [-0.4, -0.2) is 10.9 Å². The van der Waals surface area contributed by atoms with Gasteiger partial charge in [0, 0.05) is 5.56 Å². The highest BCUT2D eigenvalue weighted by atomic mass is 79.9. The molecule has 7 heteroatoms. The fraction of sp³-hybridized carbons (Fsp3) is 0. The summed E-state index contributed by atoms with van der Waals surface area (Å²) < 4.78 is 13.2. The maximum Gasteiger partial charge on any atom is 0.256 e. The molecule has 0 fully saturated rings. The largest absolute Gasteiger partial charge is 0.306 e. The summed E-state index contributed by atoms with van der Waals surface area (Å²) in [5.41, 5.74) is 0.326. The van der Waals surface area contributed by atoms with Crippen molar-refractivity contribution in [1.82, 2.24) is 4.98 Å². The van der Waals surface area contributed by atoms with E-state index in [1.165, 1.54) is 24.3 Å². The number of halogens is 4. The molecule has 1 aromatic heterocycles. The molecule has 2 aromatic rings. The fourth-order valence-corrected chi connectivity index (χ4v) is 2.04. The van der Waals surface area contributed by atoms with Gasteiger partial charge in [0.1, 0.15) is 11.6 Å². The molecule has 0 spiro atoms. The highest BCUT2D eigenvalue weighted by molar-refractivity contribution is 9.10. The predicted octanol–water partition coefficient (Wildman–Crippen LogP) is 4.54. The highest BCUT2D eigenvalue weighted by Crippen LogP contribution is 2.24. The van der Waals surface area contributed by atoms with Crippen molar-refractivity contribution in [2.45, 2.75) is 0 Å². The summed E-state index contributed by atoms with van der Waals surface area (Å²) in [5, 5.41) is 3.17. The van der Waals surface area contributed by atoms with Gasteiger partial charge in [0.25, 0.3) is 5.91 Å². The molecule has 0 atom stereocenters. The molecule has 0 saturated carbocycles. The van der Waals surface area contributed by atoms with Crippen LogP contribution in [0.3, 0.4) is 0 Å². The number of carbonyl (C=O) groups excluding carboxylic acids is 1. The third-order valence-electron chi connectivity index (χ3n) is 2.22. The van der Waals surface area contributed by atoms with Crippen LogP contribution in [0.1, 0.15) is 10.4 Å². The second kappa shape index (κ2) is 5.86. The second-order valence-corrected chi connectivity index (χ2v) is 5.24. The number of pyridine rings is 1. The van der Waals surface area contributed by atoms with Crippen molar-refractivity contribution in [3.05, 3.63) is 56.4 Å². The Kier molecular flexibility index (Phi) is 4.39. The first-order valence-electron chi connectivity index (χ1n) is 5.05. The van der Waals surface area contributed by atoms with Crippen molar-refractivity contribution >= 4 is 50.9 Å². The molecule has 0 radical (unpaired) electrons. The molecule has 0 unspecified atom stereocenters. The molecule has 1 amide bonds. The smallest absolute Gasteiger partial charge is 0.256 e. The SMILES string of the molecule is O=C(Nc1ncc(F)cc1Br)c1ccc(Cl)c(Cl)c1. The van der Waals surface area contributed by atoms with Crippen LogP contribution in [0.2, 0.25) is 10.0 Å². The van der Waals surface area contributed by atoms with Crippen molar-refractivity contribution in [1.29, 1.82) is 0 Å². The first-order chi connectivity index (χ1) is 8.97. The van der Waals surface area contributed by atoms with Crippen molar-refractivity contribution in [2.24, 2.45) is 0 Å². The van der Waals surface area contributed by atoms with Gasteiger partial charge in [-0.15, -0.1) is 0 Å². The van der Waals surface area contributed by atoms with E-state index in [9.17, 15) is 9.18 Å². The van der Waals surface area contributed by atoms with E-state index in [2.05, 4.69) is 26.2 Å². The van der Waals surface area contributed by atoms with Gasteiger partial charge in [0.2, 0.25) is 0 Å². The number of hydrogen-bond donors (Lipinski definition) is 1. The Morgan fingerprint density at radius 2 is 2.00 bits per heavy atom. The van der Waals surface area contributed by atoms with Crippen LogP contribution in [0, 0.1) is 5.82 Å². The zero-order chi connectivity index (χ0) is 14.0. The average Bonchev–Trinajstić information content (AvgIpc) is 2.36. The Hall–Kier alpha value is -1.17. The van der Waals surface area contributed by atoms with Crippen LogP contribution in [0.4, 0.5) is 10.2 Å². The molecule has 1 aromatic carbocycles. The van der Waals surface area contributed by atoms with Gasteiger partial charge in [0.15, 0.2) is 0 Å². The van der Waals surface area contributed by atoms with E-state index >= 15 is 0 Å². The van der Waals surface area contributed by atoms with Crippen molar-refractivity contribution in [3.63, 3.8) is 0 Å². The molecule has 0 aliphatic carbocycles. The Morgan fingerprint density at radius 3 is 2.63 bits per heavy atom. The number of nitrogens with one attached hydrogen (secondary N) is 1. The second-order valence-electron chi connectivity index (χ2n) is 3.57. The Morgan fingerprint density at radius 1 is 1.26 bits per heavy atom. The highest BCUT2D eigenvalue weighted by Gasteiger charge is 2.11. The number of rotatable bonds is 2. The minimum absolute atomic E-state index is 0.220. The lowest BCUT2D eigenvalue weighted by Gasteiger charge is -2.07. The Labute approximate surface area is 126 Å². The molecule has 0 aliphatic heterocycles. The maximum absolute atomic E-state index is 12.9. The van der Waals surface area contributed by atoms with Crippen molar-refractivity contribution in [3.8, 4) is 0 Å². The summed E-state index contributed by atoms with van der Waals surface area (Å²) in [5.74, 6) is -0.699. The fourth-order valence-electron chi connectivity index (χ4n) is 1.32. The standard InChI is InChI=1S/C12H6BrCl2FN2O/c13-8-4-7(16)5-17-11(8)18-12(19)6-1-2-9(14)10(15)3-6/h1-5H,(H,17,18,19). The third-order valence-corrected chi connectivity index (χ3v) is 3.57. The quantitative estimate of drug-likeness (QED) is 0.850. The topological polar surface area (TPSA) is 42.0 Å². The molecule has 3 nitrogen and oxygen atoms in total. The number of carbonyl (C=O) groups is 1. The number of hydrogen-bond acceptors (Lipinski definition) is 2. The van der Waals surface area contributed by atoms with Crippen LogP contribution < -0.4 is 5.32 Å². The van der Waals surface area contributed by atoms with E-state index in [4.69, 9.17) is 23.2 Å². The molecule has 98 valence electrons. The van der Waals surface area contributed by atoms with Crippen LogP contribution in [0.15, 0.2) is 34.9 Å². The van der Waals surface area contributed by atoms with Gasteiger partial charge in [-0.1, -0.05) is 23.2 Å². The summed E-state index contributed by atoms with van der Waals surface area (Å²) in [6.45, 7) is 0. The van der Waals surface area contributed by atoms with Crippen molar-refractivity contribution < 1.29 is 9.18 Å². The molecule has 19 heavy (non-hydrogen) atoms. The van der Waals surface area contributed by atoms with Gasteiger partial charge in [0.05, 0.1) is 20.7 Å². The maximum atomic E-state index is 12.9. The summed E-state index contributed by atoms with van der Waals surface area (Å²) in [6.07, 6.45) is 1.01. The Balaban J connectivity index is 2.23. The average molecular weight is 364 g/mol. The number of benzene rings is 1. The predicted molar refractivity (Wildman–Crippen MR) is 76.3 cm³/mol. The lowest BCUT2D eigenvalue weighted by molar-refractivity contribution is 0.102. The van der Waals surface area contributed by atoms with E-state index < -0.39 is 11.7 Å². The summed E-state index contributed by atoms with van der Waals surface area (Å²) >= 11 is 14.7. The molecule has 2 rings (SSSR count). The van der Waals surface area contributed by atoms with Crippen molar-refractivity contribution in [2.75, 3.05) is 5.32 Å². The van der Waals surface area contributed by atoms with E-state index in [0.29, 0.717) is 15.1 Å². The normalized spacial score (nSPS) is 10.3. The van der Waals surface area contributed by atoms with Crippen LogP contribution in [-0.2, 0) is 0 Å². The Bertz CT molecular complexity index is 652. The van der Waals surface area contributed by atoms with Crippen LogP contribution in [0.5, 0.6) is 0 Å². The monoisotopic (exact) mass is 362 g/mol. The third kappa shape index (κ3) is 3.43. The summed E-state index contributed by atoms with van der Waals surface area (Å²) in [6, 6.07) is 5.70. The minimum Gasteiger partial charge on any atom is -0.306 e. The first kappa shape index (κ1) is 14.2. The lowest BCUT2D eigenvalue weighted by Crippen LogP contribution is -2.13.